The first-order valence-corrected chi connectivity index (χ1v) is 8.76. The third-order valence-electron chi connectivity index (χ3n) is 4.20. The summed E-state index contributed by atoms with van der Waals surface area (Å²) in [6.07, 6.45) is 1.83. The van der Waals surface area contributed by atoms with Crippen molar-refractivity contribution in [3.05, 3.63) is 65.5 Å². The minimum absolute atomic E-state index is 0.174. The Morgan fingerprint density at radius 3 is 2.57 bits per heavy atom. The molecular weight excluding hydrogens is 365 g/mol. The lowest BCUT2D eigenvalue weighted by molar-refractivity contribution is -0.150. The topological polar surface area (TPSA) is 73.9 Å². The van der Waals surface area contributed by atoms with E-state index >= 15 is 0 Å². The van der Waals surface area contributed by atoms with Crippen LogP contribution in [0.15, 0.2) is 48.5 Å². The van der Waals surface area contributed by atoms with Gasteiger partial charge in [0.1, 0.15) is 5.82 Å². The number of carbonyl (C=O) groups is 2. The smallest absolute Gasteiger partial charge is 0.331 e. The van der Waals surface area contributed by atoms with E-state index in [2.05, 4.69) is 5.32 Å². The fraction of sp³-hybridized carbons (Fsp3) is 0.238. The van der Waals surface area contributed by atoms with Gasteiger partial charge in [0.15, 0.2) is 17.6 Å². The second kappa shape index (κ2) is 8.56. The van der Waals surface area contributed by atoms with E-state index in [0.29, 0.717) is 11.5 Å². The van der Waals surface area contributed by atoms with Crippen LogP contribution in [0.2, 0.25) is 0 Å². The minimum Gasteiger partial charge on any atom is -0.454 e. The Morgan fingerprint density at radius 2 is 1.82 bits per heavy atom. The van der Waals surface area contributed by atoms with E-state index in [9.17, 15) is 14.0 Å². The van der Waals surface area contributed by atoms with Gasteiger partial charge in [-0.1, -0.05) is 18.2 Å². The molecule has 1 amide bonds. The monoisotopic (exact) mass is 385 g/mol. The molecule has 3 rings (SSSR count). The van der Waals surface area contributed by atoms with Gasteiger partial charge in [0.25, 0.3) is 5.91 Å². The molecule has 0 saturated carbocycles. The zero-order valence-corrected chi connectivity index (χ0v) is 15.5. The van der Waals surface area contributed by atoms with Crippen molar-refractivity contribution in [2.75, 3.05) is 6.79 Å². The van der Waals surface area contributed by atoms with Crippen molar-refractivity contribution < 1.29 is 28.2 Å². The molecule has 2 aromatic carbocycles. The normalized spacial score (nSPS) is 14.5. The van der Waals surface area contributed by atoms with Crippen LogP contribution in [0, 0.1) is 5.82 Å². The van der Waals surface area contributed by atoms with Crippen LogP contribution in [-0.4, -0.2) is 24.8 Å². The van der Waals surface area contributed by atoms with Gasteiger partial charge in [0.05, 0.1) is 6.04 Å². The molecular formula is C21H20FNO5. The molecule has 0 radical (unpaired) electrons. The van der Waals surface area contributed by atoms with Gasteiger partial charge in [0.2, 0.25) is 6.79 Å². The molecule has 6 nitrogen and oxygen atoms in total. The number of rotatable bonds is 6. The average Bonchev–Trinajstić information content (AvgIpc) is 3.14. The first kappa shape index (κ1) is 19.4. The summed E-state index contributed by atoms with van der Waals surface area (Å²) >= 11 is 0. The highest BCUT2D eigenvalue weighted by Gasteiger charge is 2.19. The van der Waals surface area contributed by atoms with Crippen molar-refractivity contribution in [2.24, 2.45) is 0 Å². The van der Waals surface area contributed by atoms with E-state index in [4.69, 9.17) is 14.2 Å². The number of amides is 1. The van der Waals surface area contributed by atoms with Crippen LogP contribution in [0.4, 0.5) is 4.39 Å². The Hall–Kier alpha value is -3.35. The van der Waals surface area contributed by atoms with Gasteiger partial charge in [-0.15, -0.1) is 0 Å². The Balaban J connectivity index is 1.51. The molecule has 1 aliphatic rings. The summed E-state index contributed by atoms with van der Waals surface area (Å²) in [5.74, 6) is -0.173. The third-order valence-corrected chi connectivity index (χ3v) is 4.20. The van der Waals surface area contributed by atoms with Gasteiger partial charge in [-0.3, -0.25) is 4.79 Å². The van der Waals surface area contributed by atoms with Crippen LogP contribution < -0.4 is 14.8 Å². The number of carbonyl (C=O) groups excluding carboxylic acids is 2. The maximum atomic E-state index is 13.0. The number of hydrogen-bond acceptors (Lipinski definition) is 5. The molecule has 0 fully saturated rings. The molecule has 1 heterocycles. The van der Waals surface area contributed by atoms with E-state index < -0.39 is 18.0 Å². The van der Waals surface area contributed by atoms with E-state index in [1.54, 1.807) is 43.3 Å². The third kappa shape index (κ3) is 4.88. The van der Waals surface area contributed by atoms with Gasteiger partial charge in [-0.2, -0.15) is 0 Å². The number of fused-ring (bicyclic) bond motifs is 1. The molecule has 0 aliphatic carbocycles. The number of halogens is 1. The number of hydrogen-bond donors (Lipinski definition) is 1. The second-order valence-corrected chi connectivity index (χ2v) is 6.31. The predicted molar refractivity (Wildman–Crippen MR) is 100 cm³/mol. The van der Waals surface area contributed by atoms with E-state index in [1.807, 2.05) is 0 Å². The molecule has 2 atom stereocenters. The fourth-order valence-electron chi connectivity index (χ4n) is 2.61. The van der Waals surface area contributed by atoms with Crippen LogP contribution in [0.25, 0.3) is 6.08 Å². The quantitative estimate of drug-likeness (QED) is 0.610. The first-order valence-electron chi connectivity index (χ1n) is 8.76. The summed E-state index contributed by atoms with van der Waals surface area (Å²) < 4.78 is 28.6. The van der Waals surface area contributed by atoms with E-state index in [-0.39, 0.29) is 18.7 Å². The van der Waals surface area contributed by atoms with Crippen LogP contribution in [0.5, 0.6) is 11.5 Å². The van der Waals surface area contributed by atoms with Gasteiger partial charge in [0, 0.05) is 6.08 Å². The largest absolute Gasteiger partial charge is 0.454 e. The Morgan fingerprint density at radius 1 is 1.11 bits per heavy atom. The first-order chi connectivity index (χ1) is 13.4. The van der Waals surface area contributed by atoms with Crippen molar-refractivity contribution >= 4 is 18.0 Å². The molecule has 0 saturated heterocycles. The highest BCUT2D eigenvalue weighted by molar-refractivity contribution is 5.90. The molecule has 28 heavy (non-hydrogen) atoms. The van der Waals surface area contributed by atoms with Gasteiger partial charge >= 0.3 is 5.97 Å². The lowest BCUT2D eigenvalue weighted by Gasteiger charge is -2.17. The van der Waals surface area contributed by atoms with Crippen molar-refractivity contribution in [2.45, 2.75) is 26.0 Å². The summed E-state index contributed by atoms with van der Waals surface area (Å²) in [5.41, 5.74) is 1.49. The molecule has 2 aromatic rings. The van der Waals surface area contributed by atoms with Gasteiger partial charge < -0.3 is 19.5 Å². The Kier molecular flexibility index (Phi) is 5.93. The summed E-state index contributed by atoms with van der Waals surface area (Å²) in [6, 6.07) is 10.7. The second-order valence-electron chi connectivity index (χ2n) is 6.31. The van der Waals surface area contributed by atoms with E-state index in [0.717, 1.165) is 11.1 Å². The molecule has 2 unspecified atom stereocenters. The van der Waals surface area contributed by atoms with Crippen molar-refractivity contribution in [1.29, 1.82) is 0 Å². The van der Waals surface area contributed by atoms with Gasteiger partial charge in [-0.25, -0.2) is 9.18 Å². The summed E-state index contributed by atoms with van der Waals surface area (Å²) in [4.78, 5) is 24.2. The number of benzene rings is 2. The standard InChI is InChI=1S/C21H20FNO5/c1-13(16-5-7-17(22)8-6-16)23-21(25)14(2)28-20(24)10-4-15-3-9-18-19(11-15)27-12-26-18/h3-11,13-14H,12H2,1-2H3,(H,23,25). The highest BCUT2D eigenvalue weighted by atomic mass is 19.1. The molecule has 146 valence electrons. The minimum atomic E-state index is -0.975. The van der Waals surface area contributed by atoms with Crippen LogP contribution in [-0.2, 0) is 14.3 Å². The molecule has 0 aromatic heterocycles. The van der Waals surface area contributed by atoms with Crippen LogP contribution >= 0.6 is 0 Å². The van der Waals surface area contributed by atoms with Gasteiger partial charge in [-0.05, 0) is 55.3 Å². The summed E-state index contributed by atoms with van der Waals surface area (Å²) in [5, 5.41) is 2.73. The number of nitrogens with one attached hydrogen (secondary N) is 1. The number of ether oxygens (including phenoxy) is 3. The maximum Gasteiger partial charge on any atom is 0.331 e. The molecule has 0 spiro atoms. The predicted octanol–water partition coefficient (Wildman–Crippen LogP) is 3.38. The summed E-state index contributed by atoms with van der Waals surface area (Å²) in [7, 11) is 0. The zero-order valence-electron chi connectivity index (χ0n) is 15.5. The highest BCUT2D eigenvalue weighted by Crippen LogP contribution is 2.32. The fourth-order valence-corrected chi connectivity index (χ4v) is 2.61. The average molecular weight is 385 g/mol. The zero-order chi connectivity index (χ0) is 20.1. The van der Waals surface area contributed by atoms with Crippen molar-refractivity contribution in [3.63, 3.8) is 0 Å². The van der Waals surface area contributed by atoms with Crippen molar-refractivity contribution in [1.82, 2.24) is 5.32 Å². The lowest BCUT2D eigenvalue weighted by atomic mass is 10.1. The Labute approximate surface area is 161 Å². The Bertz CT molecular complexity index is 894. The van der Waals surface area contributed by atoms with Crippen LogP contribution in [0.3, 0.4) is 0 Å². The molecule has 0 bridgehead atoms. The maximum absolute atomic E-state index is 13.0. The number of esters is 1. The van der Waals surface area contributed by atoms with E-state index in [1.165, 1.54) is 25.1 Å². The molecule has 7 heteroatoms. The molecule has 1 N–H and O–H groups in total. The lowest BCUT2D eigenvalue weighted by Crippen LogP contribution is -2.37. The summed E-state index contributed by atoms with van der Waals surface area (Å²) in [6.45, 7) is 3.42. The van der Waals surface area contributed by atoms with Crippen LogP contribution in [0.1, 0.15) is 31.0 Å². The van der Waals surface area contributed by atoms with Crippen molar-refractivity contribution in [3.8, 4) is 11.5 Å². The molecule has 1 aliphatic heterocycles. The SMILES string of the molecule is CC(OC(=O)C=Cc1ccc2c(c1)OCO2)C(=O)NC(C)c1ccc(F)cc1.